The molecule has 0 aliphatic heterocycles. The molecule has 0 aliphatic carbocycles. The number of hydrogen-bond donors (Lipinski definition) is 2. The minimum absolute atomic E-state index is 0.560. The summed E-state index contributed by atoms with van der Waals surface area (Å²) in [7, 11) is 0. The summed E-state index contributed by atoms with van der Waals surface area (Å²) in [6, 6.07) is 7.41. The van der Waals surface area contributed by atoms with Gasteiger partial charge in [-0.2, -0.15) is 0 Å². The number of hydrogen-bond acceptors (Lipinski definition) is 2. The number of imidazole rings is 1. The molecule has 0 amide bonds. The molecule has 66 valence electrons. The standard InChI is InChI=1S/C9H8ClN3/c10-7-3-1-6(2-4-7)9-12-5-8(11)13-9/h1-5H,11H2,(H,12,13). The number of nitrogens with one attached hydrogen (secondary N) is 1. The maximum absolute atomic E-state index is 5.75. The van der Waals surface area contributed by atoms with Crippen LogP contribution in [0.25, 0.3) is 11.4 Å². The molecular weight excluding hydrogens is 186 g/mol. The van der Waals surface area contributed by atoms with Crippen LogP contribution < -0.4 is 5.73 Å². The van der Waals surface area contributed by atoms with Gasteiger partial charge in [0.2, 0.25) is 0 Å². The summed E-state index contributed by atoms with van der Waals surface area (Å²) in [5.74, 6) is 1.32. The number of halogens is 1. The highest BCUT2D eigenvalue weighted by atomic mass is 35.5. The summed E-state index contributed by atoms with van der Waals surface area (Å²) in [6.45, 7) is 0. The second-order valence-electron chi connectivity index (χ2n) is 2.69. The van der Waals surface area contributed by atoms with E-state index in [2.05, 4.69) is 9.97 Å². The van der Waals surface area contributed by atoms with E-state index < -0.39 is 0 Å². The maximum atomic E-state index is 5.75. The van der Waals surface area contributed by atoms with Crippen molar-refractivity contribution >= 4 is 17.4 Å². The number of rotatable bonds is 1. The lowest BCUT2D eigenvalue weighted by atomic mass is 10.2. The Morgan fingerprint density at radius 1 is 1.23 bits per heavy atom. The molecule has 0 unspecified atom stereocenters. The molecule has 0 bridgehead atoms. The van der Waals surface area contributed by atoms with Crippen molar-refractivity contribution in [2.75, 3.05) is 5.73 Å². The molecule has 0 aliphatic rings. The van der Waals surface area contributed by atoms with Crippen LogP contribution in [0.2, 0.25) is 5.02 Å². The van der Waals surface area contributed by atoms with Crippen LogP contribution in [0.15, 0.2) is 30.5 Å². The lowest BCUT2D eigenvalue weighted by molar-refractivity contribution is 1.31. The fourth-order valence-electron chi connectivity index (χ4n) is 1.09. The van der Waals surface area contributed by atoms with Crippen molar-refractivity contribution in [3.63, 3.8) is 0 Å². The van der Waals surface area contributed by atoms with Gasteiger partial charge in [-0.05, 0) is 24.3 Å². The Balaban J connectivity index is 2.41. The second-order valence-corrected chi connectivity index (χ2v) is 3.13. The Morgan fingerprint density at radius 2 is 1.92 bits per heavy atom. The van der Waals surface area contributed by atoms with Gasteiger partial charge in [0, 0.05) is 10.6 Å². The quantitative estimate of drug-likeness (QED) is 0.730. The zero-order chi connectivity index (χ0) is 9.26. The van der Waals surface area contributed by atoms with Gasteiger partial charge in [-0.1, -0.05) is 11.6 Å². The van der Waals surface area contributed by atoms with E-state index in [0.29, 0.717) is 10.8 Å². The normalized spacial score (nSPS) is 10.2. The van der Waals surface area contributed by atoms with Crippen molar-refractivity contribution in [3.8, 4) is 11.4 Å². The van der Waals surface area contributed by atoms with E-state index >= 15 is 0 Å². The number of benzene rings is 1. The highest BCUT2D eigenvalue weighted by Crippen LogP contribution is 2.18. The third-order valence-corrected chi connectivity index (χ3v) is 1.97. The molecule has 2 rings (SSSR count). The zero-order valence-corrected chi connectivity index (χ0v) is 7.55. The van der Waals surface area contributed by atoms with Crippen LogP contribution in [0.3, 0.4) is 0 Å². The van der Waals surface area contributed by atoms with Gasteiger partial charge in [-0.3, -0.25) is 0 Å². The Bertz CT molecular complexity index is 405. The van der Waals surface area contributed by atoms with Crippen molar-refractivity contribution in [1.82, 2.24) is 9.97 Å². The first-order valence-electron chi connectivity index (χ1n) is 3.82. The third-order valence-electron chi connectivity index (χ3n) is 1.71. The van der Waals surface area contributed by atoms with Crippen LogP contribution in [0.4, 0.5) is 5.82 Å². The smallest absolute Gasteiger partial charge is 0.138 e. The molecule has 3 N–H and O–H groups in total. The van der Waals surface area contributed by atoms with Crippen molar-refractivity contribution in [2.24, 2.45) is 0 Å². The summed E-state index contributed by atoms with van der Waals surface area (Å²) < 4.78 is 0. The molecule has 13 heavy (non-hydrogen) atoms. The number of aromatic nitrogens is 2. The van der Waals surface area contributed by atoms with E-state index in [1.165, 1.54) is 0 Å². The van der Waals surface area contributed by atoms with Crippen molar-refractivity contribution in [3.05, 3.63) is 35.5 Å². The molecule has 3 nitrogen and oxygen atoms in total. The van der Waals surface area contributed by atoms with E-state index in [9.17, 15) is 0 Å². The molecule has 0 saturated carbocycles. The largest absolute Gasteiger partial charge is 0.384 e. The summed E-state index contributed by atoms with van der Waals surface area (Å²) in [5.41, 5.74) is 6.47. The predicted molar refractivity (Wildman–Crippen MR) is 53.4 cm³/mol. The SMILES string of the molecule is Nc1cnc(-c2ccc(Cl)cc2)[nH]1. The maximum Gasteiger partial charge on any atom is 0.138 e. The summed E-state index contributed by atoms with van der Waals surface area (Å²) in [4.78, 5) is 7.03. The molecule has 0 atom stereocenters. The molecular formula is C9H8ClN3. The van der Waals surface area contributed by atoms with Crippen LogP contribution in [-0.4, -0.2) is 9.97 Å². The van der Waals surface area contributed by atoms with Gasteiger partial charge < -0.3 is 10.7 Å². The van der Waals surface area contributed by atoms with Gasteiger partial charge in [-0.15, -0.1) is 0 Å². The molecule has 0 spiro atoms. The summed E-state index contributed by atoms with van der Waals surface area (Å²) in [6.07, 6.45) is 1.59. The second kappa shape index (κ2) is 3.11. The zero-order valence-electron chi connectivity index (χ0n) is 6.79. The van der Waals surface area contributed by atoms with E-state index in [0.717, 1.165) is 11.4 Å². The highest BCUT2D eigenvalue weighted by molar-refractivity contribution is 6.30. The van der Waals surface area contributed by atoms with Gasteiger partial charge >= 0.3 is 0 Å². The summed E-state index contributed by atoms with van der Waals surface area (Å²) in [5, 5.41) is 0.711. The average molecular weight is 194 g/mol. The monoisotopic (exact) mass is 193 g/mol. The number of nitrogen functional groups attached to an aromatic ring is 1. The Hall–Kier alpha value is -1.48. The van der Waals surface area contributed by atoms with Crippen molar-refractivity contribution in [1.29, 1.82) is 0 Å². The van der Waals surface area contributed by atoms with Crippen LogP contribution in [0, 0.1) is 0 Å². The topological polar surface area (TPSA) is 54.7 Å². The lowest BCUT2D eigenvalue weighted by Crippen LogP contribution is -1.83. The molecule has 0 fully saturated rings. The molecule has 2 aromatic rings. The van der Waals surface area contributed by atoms with E-state index in [1.807, 2.05) is 24.3 Å². The van der Waals surface area contributed by atoms with E-state index in [1.54, 1.807) is 6.20 Å². The fraction of sp³-hybridized carbons (Fsp3) is 0. The minimum Gasteiger partial charge on any atom is -0.384 e. The number of nitrogens with zero attached hydrogens (tertiary/aromatic N) is 1. The number of aromatic amines is 1. The minimum atomic E-state index is 0.560. The lowest BCUT2D eigenvalue weighted by Gasteiger charge is -1.95. The van der Waals surface area contributed by atoms with Crippen LogP contribution in [0.1, 0.15) is 0 Å². The Labute approximate surface area is 80.6 Å². The van der Waals surface area contributed by atoms with Gasteiger partial charge in [0.15, 0.2) is 0 Å². The van der Waals surface area contributed by atoms with Crippen molar-refractivity contribution in [2.45, 2.75) is 0 Å². The molecule has 1 heterocycles. The first-order chi connectivity index (χ1) is 6.25. The molecule has 0 saturated heterocycles. The average Bonchev–Trinajstić information content (AvgIpc) is 2.53. The van der Waals surface area contributed by atoms with Gasteiger partial charge in [0.1, 0.15) is 11.6 Å². The first-order valence-corrected chi connectivity index (χ1v) is 4.20. The van der Waals surface area contributed by atoms with Gasteiger partial charge in [0.25, 0.3) is 0 Å². The molecule has 1 aromatic heterocycles. The number of nitrogens with two attached hydrogens (primary N) is 1. The van der Waals surface area contributed by atoms with Crippen LogP contribution in [0.5, 0.6) is 0 Å². The third kappa shape index (κ3) is 1.65. The number of anilines is 1. The molecule has 4 heteroatoms. The van der Waals surface area contributed by atoms with Crippen molar-refractivity contribution < 1.29 is 0 Å². The van der Waals surface area contributed by atoms with Crippen LogP contribution in [-0.2, 0) is 0 Å². The van der Waals surface area contributed by atoms with Gasteiger partial charge in [0.05, 0.1) is 6.20 Å². The first kappa shape index (κ1) is 8.13. The van der Waals surface area contributed by atoms with Gasteiger partial charge in [-0.25, -0.2) is 4.98 Å². The van der Waals surface area contributed by atoms with E-state index in [4.69, 9.17) is 17.3 Å². The Morgan fingerprint density at radius 3 is 2.46 bits per heavy atom. The molecule has 1 aromatic carbocycles. The summed E-state index contributed by atoms with van der Waals surface area (Å²) >= 11 is 5.75. The number of H-pyrrole nitrogens is 1. The molecule has 0 radical (unpaired) electrons. The van der Waals surface area contributed by atoms with Crippen LogP contribution >= 0.6 is 11.6 Å². The fourth-order valence-corrected chi connectivity index (χ4v) is 1.22. The highest BCUT2D eigenvalue weighted by Gasteiger charge is 2.00. The van der Waals surface area contributed by atoms with E-state index in [-0.39, 0.29) is 0 Å². The Kier molecular flexibility index (Phi) is 1.94. The predicted octanol–water partition coefficient (Wildman–Crippen LogP) is 2.31.